The Labute approximate surface area is 198 Å². The topological polar surface area (TPSA) is 92.9 Å². The molecule has 0 radical (unpaired) electrons. The van der Waals surface area contributed by atoms with Crippen molar-refractivity contribution in [1.82, 2.24) is 4.31 Å². The molecular formula is C24H31F3N2O4S. The molecule has 0 aliphatic heterocycles. The van der Waals surface area contributed by atoms with Gasteiger partial charge in [0.2, 0.25) is 10.0 Å². The Morgan fingerprint density at radius 1 is 1.06 bits per heavy atom. The molecule has 1 saturated carbocycles. The Balaban J connectivity index is 1.78. The molecule has 1 aliphatic carbocycles. The standard InChI is InChI=1S/C24H31F3N2O4S/c1-23(2,3)17-9-13-20(14-10-17)34(31,32)29(18-5-4-6-18)15-21(30)22(28)16-7-11-19(12-8-16)33-24(25,26)27/h7-14,18,21-22,30H,4-6,15,28H2,1-3H3. The van der Waals surface area contributed by atoms with Crippen LogP contribution in [0.3, 0.4) is 0 Å². The third kappa shape index (κ3) is 6.29. The quantitative estimate of drug-likeness (QED) is 0.557. The van der Waals surface area contributed by atoms with E-state index in [1.165, 1.54) is 16.4 Å². The first kappa shape index (κ1) is 26.5. The fraction of sp³-hybridized carbons (Fsp3) is 0.500. The monoisotopic (exact) mass is 500 g/mol. The summed E-state index contributed by atoms with van der Waals surface area (Å²) in [6.45, 7) is 5.89. The third-order valence-corrected chi connectivity index (χ3v) is 8.02. The fourth-order valence-corrected chi connectivity index (χ4v) is 5.50. The fourth-order valence-electron chi connectivity index (χ4n) is 3.79. The van der Waals surface area contributed by atoms with Gasteiger partial charge in [0.1, 0.15) is 5.75 Å². The maximum Gasteiger partial charge on any atom is 0.573 e. The molecule has 0 saturated heterocycles. The molecule has 0 bridgehead atoms. The molecule has 2 unspecified atom stereocenters. The number of hydrogen-bond acceptors (Lipinski definition) is 5. The summed E-state index contributed by atoms with van der Waals surface area (Å²) in [7, 11) is -3.89. The van der Waals surface area contributed by atoms with Gasteiger partial charge >= 0.3 is 6.36 Å². The lowest BCUT2D eigenvalue weighted by atomic mass is 9.87. The van der Waals surface area contributed by atoms with Crippen molar-refractivity contribution in [3.63, 3.8) is 0 Å². The smallest absolute Gasteiger partial charge is 0.406 e. The summed E-state index contributed by atoms with van der Waals surface area (Å²) < 4.78 is 69.2. The molecule has 1 fully saturated rings. The summed E-state index contributed by atoms with van der Waals surface area (Å²) in [6, 6.07) is 10.3. The Morgan fingerprint density at radius 3 is 2.06 bits per heavy atom. The average molecular weight is 501 g/mol. The van der Waals surface area contributed by atoms with Crippen molar-refractivity contribution in [2.75, 3.05) is 6.54 Å². The first-order valence-corrected chi connectivity index (χ1v) is 12.5. The lowest BCUT2D eigenvalue weighted by Crippen LogP contribution is -2.49. The second-order valence-corrected chi connectivity index (χ2v) is 11.5. The molecule has 0 amide bonds. The van der Waals surface area contributed by atoms with Gasteiger partial charge in [-0.05, 0) is 53.6 Å². The summed E-state index contributed by atoms with van der Waals surface area (Å²) >= 11 is 0. The van der Waals surface area contributed by atoms with Gasteiger partial charge in [0.05, 0.1) is 17.0 Å². The Kier molecular flexibility index (Phi) is 7.66. The van der Waals surface area contributed by atoms with Crippen LogP contribution in [-0.4, -0.2) is 42.9 Å². The van der Waals surface area contributed by atoms with E-state index < -0.39 is 34.3 Å². The summed E-state index contributed by atoms with van der Waals surface area (Å²) in [5.41, 5.74) is 7.38. The SMILES string of the molecule is CC(C)(C)c1ccc(S(=O)(=O)N(CC(O)C(N)c2ccc(OC(F)(F)F)cc2)C2CCC2)cc1. The van der Waals surface area contributed by atoms with Gasteiger partial charge in [-0.25, -0.2) is 8.42 Å². The maximum absolute atomic E-state index is 13.5. The molecule has 0 spiro atoms. The first-order valence-electron chi connectivity index (χ1n) is 11.1. The van der Waals surface area contributed by atoms with Crippen molar-refractivity contribution in [3.8, 4) is 5.75 Å². The van der Waals surface area contributed by atoms with Crippen LogP contribution in [0, 0.1) is 0 Å². The zero-order valence-corrected chi connectivity index (χ0v) is 20.2. The molecule has 2 atom stereocenters. The van der Waals surface area contributed by atoms with Crippen LogP contribution < -0.4 is 10.5 Å². The molecule has 0 heterocycles. The lowest BCUT2D eigenvalue weighted by Gasteiger charge is -2.38. The largest absolute Gasteiger partial charge is 0.573 e. The van der Waals surface area contributed by atoms with E-state index in [2.05, 4.69) is 4.74 Å². The van der Waals surface area contributed by atoms with Crippen LogP contribution in [0.1, 0.15) is 57.2 Å². The van der Waals surface area contributed by atoms with Crippen LogP contribution in [0.4, 0.5) is 13.2 Å². The molecular weight excluding hydrogens is 469 g/mol. The second kappa shape index (κ2) is 9.85. The lowest BCUT2D eigenvalue weighted by molar-refractivity contribution is -0.274. The van der Waals surface area contributed by atoms with E-state index in [-0.39, 0.29) is 22.9 Å². The molecule has 1 aliphatic rings. The van der Waals surface area contributed by atoms with Gasteiger partial charge in [-0.15, -0.1) is 13.2 Å². The van der Waals surface area contributed by atoms with E-state index in [1.54, 1.807) is 24.3 Å². The summed E-state index contributed by atoms with van der Waals surface area (Å²) in [4.78, 5) is 0.141. The number of alkyl halides is 3. The van der Waals surface area contributed by atoms with Gasteiger partial charge in [0, 0.05) is 12.6 Å². The number of nitrogens with two attached hydrogens (primary N) is 1. The summed E-state index contributed by atoms with van der Waals surface area (Å²) in [6.07, 6.45) is -3.82. The van der Waals surface area contributed by atoms with Crippen LogP contribution >= 0.6 is 0 Å². The Morgan fingerprint density at radius 2 is 1.62 bits per heavy atom. The highest BCUT2D eigenvalue weighted by molar-refractivity contribution is 7.89. The van der Waals surface area contributed by atoms with Crippen LogP contribution in [0.25, 0.3) is 0 Å². The predicted octanol–water partition coefficient (Wildman–Crippen LogP) is 4.49. The molecule has 34 heavy (non-hydrogen) atoms. The van der Waals surface area contributed by atoms with Crippen molar-refractivity contribution in [1.29, 1.82) is 0 Å². The van der Waals surface area contributed by atoms with Gasteiger partial charge in [-0.1, -0.05) is 51.5 Å². The van der Waals surface area contributed by atoms with E-state index in [0.29, 0.717) is 18.4 Å². The second-order valence-electron chi connectivity index (χ2n) is 9.64. The number of aliphatic hydroxyl groups excluding tert-OH is 1. The highest BCUT2D eigenvalue weighted by atomic mass is 32.2. The van der Waals surface area contributed by atoms with Gasteiger partial charge in [-0.2, -0.15) is 4.31 Å². The molecule has 2 aromatic carbocycles. The van der Waals surface area contributed by atoms with E-state index in [1.807, 2.05) is 20.8 Å². The van der Waals surface area contributed by atoms with Crippen LogP contribution in [0.5, 0.6) is 5.75 Å². The van der Waals surface area contributed by atoms with Crippen LogP contribution in [0.15, 0.2) is 53.4 Å². The number of rotatable bonds is 8. The summed E-state index contributed by atoms with van der Waals surface area (Å²) in [5, 5.41) is 10.8. The van der Waals surface area contributed by atoms with E-state index >= 15 is 0 Å². The first-order chi connectivity index (χ1) is 15.7. The molecule has 2 aromatic rings. The van der Waals surface area contributed by atoms with E-state index in [9.17, 15) is 26.7 Å². The normalized spacial score (nSPS) is 17.3. The molecule has 188 valence electrons. The minimum absolute atomic E-state index is 0.125. The zero-order chi connectivity index (χ0) is 25.3. The number of ether oxygens (including phenoxy) is 1. The highest BCUT2D eigenvalue weighted by Crippen LogP contribution is 2.32. The highest BCUT2D eigenvalue weighted by Gasteiger charge is 2.37. The summed E-state index contributed by atoms with van der Waals surface area (Å²) in [5.74, 6) is -0.407. The van der Waals surface area contributed by atoms with Gasteiger partial charge in [0.25, 0.3) is 0 Å². The third-order valence-electron chi connectivity index (χ3n) is 6.09. The average Bonchev–Trinajstić information content (AvgIpc) is 2.70. The van der Waals surface area contributed by atoms with Crippen molar-refractivity contribution in [2.45, 2.75) is 74.9 Å². The molecule has 10 heteroatoms. The van der Waals surface area contributed by atoms with Crippen molar-refractivity contribution in [3.05, 3.63) is 59.7 Å². The molecule has 0 aromatic heterocycles. The molecule has 3 rings (SSSR count). The Bertz CT molecular complexity index is 1060. The Hall–Kier alpha value is -2.14. The van der Waals surface area contributed by atoms with Gasteiger partial charge < -0.3 is 15.6 Å². The molecule has 6 nitrogen and oxygen atoms in total. The van der Waals surface area contributed by atoms with E-state index in [0.717, 1.165) is 24.1 Å². The molecule has 3 N–H and O–H groups in total. The zero-order valence-electron chi connectivity index (χ0n) is 19.4. The predicted molar refractivity (Wildman–Crippen MR) is 123 cm³/mol. The minimum Gasteiger partial charge on any atom is -0.406 e. The van der Waals surface area contributed by atoms with Crippen LogP contribution in [-0.2, 0) is 15.4 Å². The van der Waals surface area contributed by atoms with Crippen LogP contribution in [0.2, 0.25) is 0 Å². The number of benzene rings is 2. The van der Waals surface area contributed by atoms with Gasteiger partial charge in [0.15, 0.2) is 0 Å². The van der Waals surface area contributed by atoms with Crippen molar-refractivity contribution >= 4 is 10.0 Å². The van der Waals surface area contributed by atoms with Gasteiger partial charge in [-0.3, -0.25) is 0 Å². The number of nitrogens with zero attached hydrogens (tertiary/aromatic N) is 1. The number of hydrogen-bond donors (Lipinski definition) is 2. The number of sulfonamides is 1. The van der Waals surface area contributed by atoms with Crippen molar-refractivity contribution in [2.24, 2.45) is 5.73 Å². The number of halogens is 3. The van der Waals surface area contributed by atoms with E-state index in [4.69, 9.17) is 5.73 Å². The maximum atomic E-state index is 13.5. The minimum atomic E-state index is -4.81. The number of aliphatic hydroxyl groups is 1. The van der Waals surface area contributed by atoms with Crippen molar-refractivity contribution < 1.29 is 31.4 Å².